The maximum atomic E-state index is 11.4. The van der Waals surface area contributed by atoms with Gasteiger partial charge in [-0.05, 0) is 31.5 Å². The lowest BCUT2D eigenvalue weighted by Gasteiger charge is -2.18. The van der Waals surface area contributed by atoms with E-state index in [9.17, 15) is 9.90 Å². The highest BCUT2D eigenvalue weighted by Crippen LogP contribution is 2.41. The molecule has 0 unspecified atom stereocenters. The van der Waals surface area contributed by atoms with Crippen molar-refractivity contribution in [2.75, 3.05) is 0 Å². The van der Waals surface area contributed by atoms with Gasteiger partial charge in [0.2, 0.25) is 0 Å². The molecular weight excluding hydrogens is 396 g/mol. The molecule has 3 rings (SSSR count). The van der Waals surface area contributed by atoms with E-state index < -0.39 is 10.7 Å². The van der Waals surface area contributed by atoms with E-state index in [-0.39, 0.29) is 0 Å². The number of rotatable bonds is 4. The van der Waals surface area contributed by atoms with E-state index in [2.05, 4.69) is 25.9 Å². The molecule has 0 aliphatic carbocycles. The number of carboxylic acids is 1. The van der Waals surface area contributed by atoms with Gasteiger partial charge in [-0.3, -0.25) is 4.79 Å². The SMILES string of the molecule is CC(C)(Sc1ncnc2scc(-c3ccc(Br)cc3)c12)C(=O)O. The van der Waals surface area contributed by atoms with Gasteiger partial charge in [0, 0.05) is 15.4 Å². The van der Waals surface area contributed by atoms with Gasteiger partial charge in [-0.1, -0.05) is 39.8 Å². The van der Waals surface area contributed by atoms with Crippen molar-refractivity contribution in [2.24, 2.45) is 0 Å². The lowest BCUT2D eigenvalue weighted by molar-refractivity contribution is -0.138. The van der Waals surface area contributed by atoms with Crippen molar-refractivity contribution in [2.45, 2.75) is 23.6 Å². The van der Waals surface area contributed by atoms with Crippen molar-refractivity contribution in [3.63, 3.8) is 0 Å². The van der Waals surface area contributed by atoms with Crippen LogP contribution >= 0.6 is 39.0 Å². The Morgan fingerprint density at radius 1 is 1.26 bits per heavy atom. The summed E-state index contributed by atoms with van der Waals surface area (Å²) in [5.41, 5.74) is 2.09. The standard InChI is InChI=1S/C16H13BrN2O2S2/c1-16(2,15(20)21)23-14-12-11(7-22-13(12)18-8-19-14)9-3-5-10(17)6-4-9/h3-8H,1-2H3,(H,20,21). The van der Waals surface area contributed by atoms with E-state index in [1.807, 2.05) is 29.6 Å². The van der Waals surface area contributed by atoms with Crippen LogP contribution in [0.1, 0.15) is 13.8 Å². The van der Waals surface area contributed by atoms with E-state index in [0.29, 0.717) is 5.03 Å². The zero-order valence-electron chi connectivity index (χ0n) is 12.4. The van der Waals surface area contributed by atoms with Crippen LogP contribution < -0.4 is 0 Å². The second-order valence-corrected chi connectivity index (χ2v) is 8.82. The van der Waals surface area contributed by atoms with Crippen LogP contribution in [-0.4, -0.2) is 25.8 Å². The molecule has 23 heavy (non-hydrogen) atoms. The number of halogens is 1. The fourth-order valence-electron chi connectivity index (χ4n) is 2.05. The lowest BCUT2D eigenvalue weighted by atomic mass is 10.1. The van der Waals surface area contributed by atoms with Crippen LogP contribution in [0, 0.1) is 0 Å². The predicted octanol–water partition coefficient (Wildman–Crippen LogP) is 5.08. The molecule has 0 amide bonds. The molecule has 0 saturated heterocycles. The van der Waals surface area contributed by atoms with Crippen molar-refractivity contribution < 1.29 is 9.90 Å². The van der Waals surface area contributed by atoms with Crippen LogP contribution in [0.4, 0.5) is 0 Å². The second kappa shape index (κ2) is 6.22. The van der Waals surface area contributed by atoms with Crippen LogP contribution in [0.3, 0.4) is 0 Å². The summed E-state index contributed by atoms with van der Waals surface area (Å²) in [6.45, 7) is 3.36. The Hall–Kier alpha value is -1.44. The van der Waals surface area contributed by atoms with Crippen LogP contribution in [0.5, 0.6) is 0 Å². The molecule has 2 aromatic heterocycles. The minimum absolute atomic E-state index is 0.696. The number of aliphatic carboxylic acids is 1. The van der Waals surface area contributed by atoms with Gasteiger partial charge in [0.25, 0.3) is 0 Å². The summed E-state index contributed by atoms with van der Waals surface area (Å²) in [5.74, 6) is -0.866. The van der Waals surface area contributed by atoms with Gasteiger partial charge in [0.05, 0.1) is 5.39 Å². The van der Waals surface area contributed by atoms with Gasteiger partial charge in [0.1, 0.15) is 20.9 Å². The first kappa shape index (κ1) is 16.4. The number of hydrogen-bond acceptors (Lipinski definition) is 5. The highest BCUT2D eigenvalue weighted by atomic mass is 79.9. The van der Waals surface area contributed by atoms with Gasteiger partial charge in [-0.15, -0.1) is 11.3 Å². The summed E-state index contributed by atoms with van der Waals surface area (Å²) in [6.07, 6.45) is 1.49. The highest BCUT2D eigenvalue weighted by Gasteiger charge is 2.30. The monoisotopic (exact) mass is 408 g/mol. The fourth-order valence-corrected chi connectivity index (χ4v) is 4.28. The van der Waals surface area contributed by atoms with Crippen LogP contribution in [0.15, 0.2) is 45.5 Å². The molecule has 1 aromatic carbocycles. The van der Waals surface area contributed by atoms with E-state index in [1.54, 1.807) is 13.8 Å². The van der Waals surface area contributed by atoms with Crippen molar-refractivity contribution in [1.29, 1.82) is 0 Å². The average molecular weight is 409 g/mol. The minimum atomic E-state index is -0.958. The Balaban J connectivity index is 2.15. The molecule has 2 heterocycles. The van der Waals surface area contributed by atoms with Gasteiger partial charge in [-0.2, -0.15) is 0 Å². The number of thiophene rings is 1. The molecule has 3 aromatic rings. The number of hydrogen-bond donors (Lipinski definition) is 1. The Morgan fingerprint density at radius 2 is 1.96 bits per heavy atom. The zero-order valence-corrected chi connectivity index (χ0v) is 15.6. The van der Waals surface area contributed by atoms with Gasteiger partial charge >= 0.3 is 5.97 Å². The van der Waals surface area contributed by atoms with Crippen molar-refractivity contribution in [1.82, 2.24) is 9.97 Å². The minimum Gasteiger partial charge on any atom is -0.480 e. The normalized spacial score (nSPS) is 11.8. The Bertz CT molecular complexity index is 875. The van der Waals surface area contributed by atoms with E-state index in [4.69, 9.17) is 0 Å². The summed E-state index contributed by atoms with van der Waals surface area (Å²) < 4.78 is 0.0545. The molecule has 4 nitrogen and oxygen atoms in total. The van der Waals surface area contributed by atoms with Gasteiger partial charge in [0.15, 0.2) is 0 Å². The molecule has 0 atom stereocenters. The summed E-state index contributed by atoms with van der Waals surface area (Å²) >= 11 is 6.22. The molecular formula is C16H13BrN2O2S2. The maximum Gasteiger partial charge on any atom is 0.319 e. The largest absolute Gasteiger partial charge is 0.480 e. The third-order valence-electron chi connectivity index (χ3n) is 3.36. The van der Waals surface area contributed by atoms with Crippen LogP contribution in [0.2, 0.25) is 0 Å². The molecule has 0 aliphatic heterocycles. The topological polar surface area (TPSA) is 63.1 Å². The smallest absolute Gasteiger partial charge is 0.319 e. The predicted molar refractivity (Wildman–Crippen MR) is 98.1 cm³/mol. The molecule has 1 N–H and O–H groups in total. The summed E-state index contributed by atoms with van der Waals surface area (Å²) in [6, 6.07) is 8.01. The molecule has 0 bridgehead atoms. The quantitative estimate of drug-likeness (QED) is 0.481. The summed E-state index contributed by atoms with van der Waals surface area (Å²) in [5, 5.41) is 13.0. The van der Waals surface area contributed by atoms with Crippen LogP contribution in [-0.2, 0) is 4.79 Å². The first-order valence-electron chi connectivity index (χ1n) is 6.79. The molecule has 118 valence electrons. The first-order chi connectivity index (χ1) is 10.9. The Kier molecular flexibility index (Phi) is 4.44. The van der Waals surface area contributed by atoms with E-state index >= 15 is 0 Å². The van der Waals surface area contributed by atoms with Crippen molar-refractivity contribution >= 4 is 55.2 Å². The van der Waals surface area contributed by atoms with Crippen LogP contribution in [0.25, 0.3) is 21.3 Å². The number of fused-ring (bicyclic) bond motifs is 1. The molecule has 0 saturated carbocycles. The van der Waals surface area contributed by atoms with E-state index in [1.165, 1.54) is 29.4 Å². The third-order valence-corrected chi connectivity index (χ3v) is 5.96. The van der Waals surface area contributed by atoms with Gasteiger partial charge < -0.3 is 5.11 Å². The summed E-state index contributed by atoms with van der Waals surface area (Å²) in [4.78, 5) is 20.9. The van der Waals surface area contributed by atoms with E-state index in [0.717, 1.165) is 25.8 Å². The number of nitrogens with zero attached hydrogens (tertiary/aromatic N) is 2. The number of carbonyl (C=O) groups is 1. The number of benzene rings is 1. The van der Waals surface area contributed by atoms with Crippen molar-refractivity contribution in [3.8, 4) is 11.1 Å². The first-order valence-corrected chi connectivity index (χ1v) is 9.28. The highest BCUT2D eigenvalue weighted by molar-refractivity contribution is 9.10. The maximum absolute atomic E-state index is 11.4. The fraction of sp³-hybridized carbons (Fsp3) is 0.188. The Labute approximate surface area is 150 Å². The second-order valence-electron chi connectivity index (χ2n) is 5.43. The summed E-state index contributed by atoms with van der Waals surface area (Å²) in [7, 11) is 0. The average Bonchev–Trinajstić information content (AvgIpc) is 2.93. The van der Waals surface area contributed by atoms with Gasteiger partial charge in [-0.25, -0.2) is 9.97 Å². The zero-order chi connectivity index (χ0) is 16.6. The lowest BCUT2D eigenvalue weighted by Crippen LogP contribution is -2.27. The molecule has 0 aliphatic rings. The molecule has 0 radical (unpaired) electrons. The number of carboxylic acid groups (broad SMARTS) is 1. The van der Waals surface area contributed by atoms with Crippen molar-refractivity contribution in [3.05, 3.63) is 40.4 Å². The Morgan fingerprint density at radius 3 is 2.61 bits per heavy atom. The number of thioether (sulfide) groups is 1. The number of aromatic nitrogens is 2. The molecule has 7 heteroatoms. The molecule has 0 fully saturated rings. The molecule has 0 spiro atoms. The third kappa shape index (κ3) is 3.27.